The second kappa shape index (κ2) is 8.12. The molecule has 0 atom stereocenters. The Kier molecular flexibility index (Phi) is 6.30. The third-order valence-electron chi connectivity index (χ3n) is 3.14. The molecule has 3 rings (SSSR count). The monoisotopic (exact) mass is 417 g/mol. The van der Waals surface area contributed by atoms with Crippen molar-refractivity contribution in [2.45, 2.75) is 6.18 Å². The van der Waals surface area contributed by atoms with Crippen LogP contribution in [0.1, 0.15) is 5.69 Å². The summed E-state index contributed by atoms with van der Waals surface area (Å²) in [6.07, 6.45) is -3.56. The smallest absolute Gasteiger partial charge is 0.233 e. The van der Waals surface area contributed by atoms with Crippen molar-refractivity contribution in [3.63, 3.8) is 0 Å². The molecule has 144 valence electrons. The number of nitrogens with zero attached hydrogens (tertiary/aromatic N) is 2. The number of alkyl halides is 3. The van der Waals surface area contributed by atoms with Gasteiger partial charge in [-0.05, 0) is 30.3 Å². The van der Waals surface area contributed by atoms with Crippen LogP contribution >= 0.6 is 11.6 Å². The Morgan fingerprint density at radius 1 is 1.04 bits per heavy atom. The first kappa shape index (κ1) is 20.9. The summed E-state index contributed by atoms with van der Waals surface area (Å²) in [6.45, 7) is 0. The maximum absolute atomic E-state index is 13.0. The van der Waals surface area contributed by atoms with Crippen molar-refractivity contribution in [1.82, 2.24) is 9.78 Å². The molecule has 0 bridgehead atoms. The van der Waals surface area contributed by atoms with Crippen LogP contribution in [0.3, 0.4) is 0 Å². The third-order valence-corrected chi connectivity index (χ3v) is 3.39. The van der Waals surface area contributed by atoms with E-state index >= 15 is 0 Å². The number of hydrogen-bond donors (Lipinski definition) is 1. The Labute approximate surface area is 159 Å². The maximum Gasteiger partial charge on any atom is 0.435 e. The Hall–Kier alpha value is -2.36. The summed E-state index contributed by atoms with van der Waals surface area (Å²) in [4.78, 5) is 0. The topological polar surface area (TPSA) is 78.0 Å². The van der Waals surface area contributed by atoms with Crippen molar-refractivity contribution in [2.24, 2.45) is 5.14 Å². The number of aromatic nitrogens is 2. The SMILES string of the molecule is CS(N)(=O)=O.FC(F)(F)c1cc(-c2ccc(Cl)cc2)n(-c2ccccc2)n1. The number of benzene rings is 2. The average Bonchev–Trinajstić information content (AvgIpc) is 3.00. The largest absolute Gasteiger partial charge is 0.435 e. The number of hydrogen-bond acceptors (Lipinski definition) is 3. The second-order valence-electron chi connectivity index (χ2n) is 5.50. The van der Waals surface area contributed by atoms with E-state index in [-0.39, 0.29) is 0 Å². The molecule has 0 aliphatic carbocycles. The van der Waals surface area contributed by atoms with Gasteiger partial charge in [0.1, 0.15) is 0 Å². The molecule has 2 aromatic carbocycles. The van der Waals surface area contributed by atoms with E-state index in [0.29, 0.717) is 22.0 Å². The van der Waals surface area contributed by atoms with E-state index in [1.165, 1.54) is 4.68 Å². The third kappa shape index (κ3) is 6.38. The summed E-state index contributed by atoms with van der Waals surface area (Å²) in [7, 11) is -3.17. The molecule has 0 radical (unpaired) electrons. The lowest BCUT2D eigenvalue weighted by Gasteiger charge is -2.07. The summed E-state index contributed by atoms with van der Waals surface area (Å²) in [5.41, 5.74) is 0.593. The molecule has 2 N–H and O–H groups in total. The molecule has 27 heavy (non-hydrogen) atoms. The zero-order valence-electron chi connectivity index (χ0n) is 14.0. The van der Waals surface area contributed by atoms with Gasteiger partial charge in [-0.3, -0.25) is 0 Å². The maximum atomic E-state index is 13.0. The van der Waals surface area contributed by atoms with E-state index in [4.69, 9.17) is 11.6 Å². The number of nitrogens with two attached hydrogens (primary N) is 1. The van der Waals surface area contributed by atoms with Gasteiger partial charge in [-0.15, -0.1) is 0 Å². The number of halogens is 4. The highest BCUT2D eigenvalue weighted by Crippen LogP contribution is 2.33. The predicted molar refractivity (Wildman–Crippen MR) is 98.0 cm³/mol. The van der Waals surface area contributed by atoms with Crippen molar-refractivity contribution in [2.75, 3.05) is 6.26 Å². The molecule has 3 aromatic rings. The molecule has 10 heteroatoms. The van der Waals surface area contributed by atoms with Crippen LogP contribution in [-0.2, 0) is 16.2 Å². The summed E-state index contributed by atoms with van der Waals surface area (Å²) in [6, 6.07) is 16.3. The van der Waals surface area contributed by atoms with E-state index in [0.717, 1.165) is 12.3 Å². The van der Waals surface area contributed by atoms with Crippen molar-refractivity contribution < 1.29 is 21.6 Å². The van der Waals surface area contributed by atoms with Gasteiger partial charge in [-0.1, -0.05) is 41.9 Å². The molecule has 1 aromatic heterocycles. The molecule has 5 nitrogen and oxygen atoms in total. The Morgan fingerprint density at radius 3 is 2.04 bits per heavy atom. The zero-order valence-corrected chi connectivity index (χ0v) is 15.6. The zero-order chi connectivity index (χ0) is 20.2. The number of primary sulfonamides is 1. The Bertz CT molecular complexity index is 994. The summed E-state index contributed by atoms with van der Waals surface area (Å²) >= 11 is 5.83. The highest BCUT2D eigenvalue weighted by Gasteiger charge is 2.35. The molecule has 1 heterocycles. The molecule has 0 spiro atoms. The predicted octanol–water partition coefficient (Wildman–Crippen LogP) is 4.12. The van der Waals surface area contributed by atoms with Crippen LogP contribution in [0.2, 0.25) is 5.02 Å². The summed E-state index contributed by atoms with van der Waals surface area (Å²) in [5.74, 6) is 0. The first-order chi connectivity index (χ1) is 12.4. The summed E-state index contributed by atoms with van der Waals surface area (Å²) < 4.78 is 59.0. The van der Waals surface area contributed by atoms with Crippen molar-refractivity contribution >= 4 is 21.6 Å². The first-order valence-corrected chi connectivity index (χ1v) is 9.75. The molecular weight excluding hydrogens is 403 g/mol. The minimum Gasteiger partial charge on any atom is -0.233 e. The van der Waals surface area contributed by atoms with E-state index in [1.54, 1.807) is 54.6 Å². The van der Waals surface area contributed by atoms with E-state index in [1.807, 2.05) is 0 Å². The van der Waals surface area contributed by atoms with Gasteiger partial charge in [0.2, 0.25) is 10.0 Å². The van der Waals surface area contributed by atoms with Crippen LogP contribution in [0, 0.1) is 0 Å². The van der Waals surface area contributed by atoms with Gasteiger partial charge < -0.3 is 0 Å². The molecule has 0 amide bonds. The van der Waals surface area contributed by atoms with Crippen LogP contribution in [-0.4, -0.2) is 24.5 Å². The average molecular weight is 418 g/mol. The Balaban J connectivity index is 0.000000465. The highest BCUT2D eigenvalue weighted by atomic mass is 35.5. The van der Waals surface area contributed by atoms with Gasteiger partial charge in [-0.25, -0.2) is 18.2 Å². The van der Waals surface area contributed by atoms with Gasteiger partial charge in [0.15, 0.2) is 5.69 Å². The minimum absolute atomic E-state index is 0.357. The van der Waals surface area contributed by atoms with E-state index < -0.39 is 21.9 Å². The van der Waals surface area contributed by atoms with E-state index in [2.05, 4.69) is 10.2 Å². The number of para-hydroxylation sites is 1. The molecular formula is C17H15ClF3N3O2S. The lowest BCUT2D eigenvalue weighted by atomic mass is 10.1. The molecule has 0 saturated heterocycles. The van der Waals surface area contributed by atoms with Crippen LogP contribution in [0.15, 0.2) is 60.7 Å². The number of sulfonamides is 1. The van der Waals surface area contributed by atoms with Crippen molar-refractivity contribution in [3.8, 4) is 16.9 Å². The molecule has 0 fully saturated rings. The lowest BCUT2D eigenvalue weighted by molar-refractivity contribution is -0.141. The van der Waals surface area contributed by atoms with Gasteiger partial charge in [0.05, 0.1) is 17.6 Å². The normalized spacial score (nSPS) is 11.6. The lowest BCUT2D eigenvalue weighted by Crippen LogP contribution is -2.07. The van der Waals surface area contributed by atoms with Crippen LogP contribution in [0.4, 0.5) is 13.2 Å². The van der Waals surface area contributed by atoms with Crippen molar-refractivity contribution in [1.29, 1.82) is 0 Å². The quantitative estimate of drug-likeness (QED) is 0.681. The fourth-order valence-electron chi connectivity index (χ4n) is 2.11. The van der Waals surface area contributed by atoms with E-state index in [9.17, 15) is 21.6 Å². The van der Waals surface area contributed by atoms with Gasteiger partial charge in [0, 0.05) is 10.6 Å². The molecule has 0 aliphatic heterocycles. The minimum atomic E-state index is -4.50. The van der Waals surface area contributed by atoms with Crippen molar-refractivity contribution in [3.05, 3.63) is 71.4 Å². The summed E-state index contributed by atoms with van der Waals surface area (Å²) in [5, 5.41) is 8.55. The van der Waals surface area contributed by atoms with Crippen LogP contribution in [0.25, 0.3) is 16.9 Å². The second-order valence-corrected chi connectivity index (χ2v) is 7.59. The molecule has 0 unspecified atom stereocenters. The van der Waals surface area contributed by atoms with Gasteiger partial charge in [0.25, 0.3) is 0 Å². The highest BCUT2D eigenvalue weighted by molar-refractivity contribution is 7.88. The van der Waals surface area contributed by atoms with Gasteiger partial charge in [-0.2, -0.15) is 18.3 Å². The molecule has 0 aliphatic rings. The van der Waals surface area contributed by atoms with Crippen LogP contribution in [0.5, 0.6) is 0 Å². The first-order valence-electron chi connectivity index (χ1n) is 7.41. The fraction of sp³-hybridized carbons (Fsp3) is 0.118. The fourth-order valence-corrected chi connectivity index (χ4v) is 2.24. The Morgan fingerprint density at radius 2 is 1.56 bits per heavy atom. The number of rotatable bonds is 2. The standard InChI is InChI=1S/C16H10ClF3N2.CH5NO2S/c17-12-8-6-11(7-9-12)14-10-15(16(18,19)20)21-22(14)13-4-2-1-3-5-13;1-5(2,3)4/h1-10H;1H3,(H2,2,3,4). The van der Waals surface area contributed by atoms with Gasteiger partial charge >= 0.3 is 6.18 Å². The van der Waals surface area contributed by atoms with Crippen LogP contribution < -0.4 is 5.14 Å². The molecule has 0 saturated carbocycles.